The van der Waals surface area contributed by atoms with E-state index in [2.05, 4.69) is 21.8 Å². The summed E-state index contributed by atoms with van der Waals surface area (Å²) >= 11 is 0. The van der Waals surface area contributed by atoms with Gasteiger partial charge in [-0.2, -0.15) is 5.10 Å². The van der Waals surface area contributed by atoms with Crippen molar-refractivity contribution in [3.63, 3.8) is 0 Å². The normalized spacial score (nSPS) is 18.5. The summed E-state index contributed by atoms with van der Waals surface area (Å²) in [6.45, 7) is 1.44. The van der Waals surface area contributed by atoms with Crippen molar-refractivity contribution < 1.29 is 19.2 Å². The van der Waals surface area contributed by atoms with Crippen molar-refractivity contribution in [3.8, 4) is 11.3 Å². The molecular weight excluding hydrogens is 534 g/mol. The van der Waals surface area contributed by atoms with Crippen LogP contribution < -0.4 is 10.6 Å². The average Bonchev–Trinajstić information content (AvgIpc) is 3.71. The molecule has 212 valence electrons. The van der Waals surface area contributed by atoms with E-state index in [1.165, 1.54) is 0 Å². The number of hydrogen-bond donors (Lipinski definition) is 2. The van der Waals surface area contributed by atoms with Crippen molar-refractivity contribution in [2.24, 2.45) is 0 Å². The van der Waals surface area contributed by atoms with E-state index >= 15 is 0 Å². The number of hydrogen-bond acceptors (Lipinski definition) is 8. The minimum absolute atomic E-state index is 0.0931. The number of rotatable bonds is 9. The standard InChI is InChI=1S/C31H29N7O4/c39-27-12-11-26(29(40)35-27)38-30(41)20-10-9-19(15-21(20)31(38)42)32-13-3-4-14-37-17-22(28(36-37)18-7-8-18)25-16-33-23-5-1-2-6-24(23)34-25/h1-2,5-6,9-10,15-18,26,32H,3-4,7-8,11-14H2,(H,35,39,40). The van der Waals surface area contributed by atoms with E-state index < -0.39 is 29.7 Å². The van der Waals surface area contributed by atoms with Crippen LogP contribution in [-0.2, 0) is 16.1 Å². The van der Waals surface area contributed by atoms with E-state index in [9.17, 15) is 19.2 Å². The van der Waals surface area contributed by atoms with Crippen molar-refractivity contribution >= 4 is 40.3 Å². The third kappa shape index (κ3) is 4.80. The number of anilines is 1. The number of amides is 4. The second kappa shape index (κ2) is 10.5. The molecule has 2 N–H and O–H groups in total. The Morgan fingerprint density at radius 2 is 1.71 bits per heavy atom. The van der Waals surface area contributed by atoms with Crippen molar-refractivity contribution in [1.82, 2.24) is 30.0 Å². The van der Waals surface area contributed by atoms with Crippen LogP contribution in [0.15, 0.2) is 54.9 Å². The molecule has 3 aliphatic rings. The van der Waals surface area contributed by atoms with Gasteiger partial charge >= 0.3 is 0 Å². The Morgan fingerprint density at radius 1 is 0.905 bits per heavy atom. The molecule has 4 heterocycles. The van der Waals surface area contributed by atoms with Crippen molar-refractivity contribution in [3.05, 3.63) is 71.7 Å². The second-order valence-electron chi connectivity index (χ2n) is 11.1. The van der Waals surface area contributed by atoms with E-state index in [1.807, 2.05) is 35.1 Å². The summed E-state index contributed by atoms with van der Waals surface area (Å²) in [5, 5.41) is 10.5. The first kappa shape index (κ1) is 26.0. The van der Waals surface area contributed by atoms with E-state index in [1.54, 1.807) is 18.2 Å². The lowest BCUT2D eigenvalue weighted by atomic mass is 10.0. The van der Waals surface area contributed by atoms with Gasteiger partial charge in [0, 0.05) is 42.9 Å². The Bertz CT molecular complexity index is 1760. The maximum absolute atomic E-state index is 13.1. The van der Waals surface area contributed by atoms with E-state index in [0.29, 0.717) is 12.5 Å². The molecule has 0 bridgehead atoms. The summed E-state index contributed by atoms with van der Waals surface area (Å²) < 4.78 is 2.00. The van der Waals surface area contributed by atoms with Gasteiger partial charge in [0.05, 0.1) is 39.7 Å². The van der Waals surface area contributed by atoms with Crippen molar-refractivity contribution in [2.45, 2.75) is 57.0 Å². The Morgan fingerprint density at radius 3 is 2.52 bits per heavy atom. The van der Waals surface area contributed by atoms with Gasteiger partial charge in [-0.3, -0.25) is 39.1 Å². The number of imide groups is 2. The van der Waals surface area contributed by atoms with Gasteiger partial charge in [-0.15, -0.1) is 0 Å². The van der Waals surface area contributed by atoms with Crippen LogP contribution in [0.2, 0.25) is 0 Å². The maximum atomic E-state index is 13.1. The monoisotopic (exact) mass is 563 g/mol. The molecule has 0 spiro atoms. The van der Waals surface area contributed by atoms with Gasteiger partial charge in [0.25, 0.3) is 11.8 Å². The lowest BCUT2D eigenvalue weighted by Gasteiger charge is -2.27. The van der Waals surface area contributed by atoms with Crippen molar-refractivity contribution in [2.75, 3.05) is 11.9 Å². The number of nitrogens with zero attached hydrogens (tertiary/aromatic N) is 5. The molecule has 1 aliphatic carbocycles. The van der Waals surface area contributed by atoms with Crippen molar-refractivity contribution in [1.29, 1.82) is 0 Å². The molecule has 4 amide bonds. The molecule has 11 nitrogen and oxygen atoms in total. The highest BCUT2D eigenvalue weighted by Crippen LogP contribution is 2.43. The van der Waals surface area contributed by atoms with Crippen LogP contribution in [0.5, 0.6) is 0 Å². The maximum Gasteiger partial charge on any atom is 0.262 e. The number of carbonyl (C=O) groups is 4. The lowest BCUT2D eigenvalue weighted by Crippen LogP contribution is -2.54. The molecule has 2 aromatic heterocycles. The highest BCUT2D eigenvalue weighted by molar-refractivity contribution is 6.23. The molecule has 4 aromatic rings. The number of nitrogens with one attached hydrogen (secondary N) is 2. The largest absolute Gasteiger partial charge is 0.385 e. The highest BCUT2D eigenvalue weighted by Gasteiger charge is 2.44. The van der Waals surface area contributed by atoms with E-state index in [0.717, 1.165) is 70.8 Å². The summed E-state index contributed by atoms with van der Waals surface area (Å²) in [5.41, 5.74) is 6.02. The zero-order valence-electron chi connectivity index (χ0n) is 22.9. The third-order valence-corrected chi connectivity index (χ3v) is 8.06. The fourth-order valence-electron chi connectivity index (χ4n) is 5.71. The van der Waals surface area contributed by atoms with Gasteiger partial charge in [-0.05, 0) is 62.4 Å². The summed E-state index contributed by atoms with van der Waals surface area (Å²) in [6.07, 6.45) is 8.20. The number of carbonyl (C=O) groups excluding carboxylic acids is 4. The van der Waals surface area contributed by atoms with Crippen LogP contribution in [0.4, 0.5) is 5.69 Å². The molecule has 2 aliphatic heterocycles. The van der Waals surface area contributed by atoms with Gasteiger partial charge in [-0.1, -0.05) is 12.1 Å². The number of piperidine rings is 1. The van der Waals surface area contributed by atoms with E-state index in [4.69, 9.17) is 10.1 Å². The van der Waals surface area contributed by atoms with Gasteiger partial charge in [0.1, 0.15) is 6.04 Å². The molecule has 7 rings (SSSR count). The van der Waals surface area contributed by atoms with Gasteiger partial charge < -0.3 is 5.32 Å². The van der Waals surface area contributed by atoms with Crippen LogP contribution in [0, 0.1) is 0 Å². The smallest absolute Gasteiger partial charge is 0.262 e. The predicted octanol–water partition coefficient (Wildman–Crippen LogP) is 3.66. The van der Waals surface area contributed by atoms with Gasteiger partial charge in [0.15, 0.2) is 0 Å². The molecular formula is C31H29N7O4. The first-order chi connectivity index (χ1) is 20.5. The number of benzene rings is 2. The Hall–Kier alpha value is -4.93. The SMILES string of the molecule is O=C1CCC(N2C(=O)c3ccc(NCCCCn4cc(-c5cnc6ccccc6n5)c(C5CC5)n4)cc3C2=O)C(=O)N1. The van der Waals surface area contributed by atoms with Gasteiger partial charge in [-0.25, -0.2) is 4.98 Å². The molecule has 42 heavy (non-hydrogen) atoms. The Kier molecular flexibility index (Phi) is 6.49. The molecule has 11 heteroatoms. The minimum atomic E-state index is -0.969. The topological polar surface area (TPSA) is 139 Å². The summed E-state index contributed by atoms with van der Waals surface area (Å²) in [7, 11) is 0. The zero-order chi connectivity index (χ0) is 28.8. The molecule has 1 atom stereocenters. The van der Waals surface area contributed by atoms with Crippen LogP contribution >= 0.6 is 0 Å². The fourth-order valence-corrected chi connectivity index (χ4v) is 5.71. The first-order valence-electron chi connectivity index (χ1n) is 14.4. The number of aryl methyl sites for hydroxylation is 1. The Labute approximate surface area is 241 Å². The summed E-state index contributed by atoms with van der Waals surface area (Å²) in [5.74, 6) is -1.54. The third-order valence-electron chi connectivity index (χ3n) is 8.06. The van der Waals surface area contributed by atoms with Crippen LogP contribution in [0.3, 0.4) is 0 Å². The van der Waals surface area contributed by atoms with Crippen LogP contribution in [0.1, 0.15) is 70.9 Å². The molecule has 1 saturated carbocycles. The fraction of sp³-hybridized carbons (Fsp3) is 0.323. The second-order valence-corrected chi connectivity index (χ2v) is 11.1. The number of unbranched alkanes of at least 4 members (excludes halogenated alkanes) is 1. The lowest BCUT2D eigenvalue weighted by molar-refractivity contribution is -0.136. The highest BCUT2D eigenvalue weighted by atomic mass is 16.2. The summed E-state index contributed by atoms with van der Waals surface area (Å²) in [6, 6.07) is 11.9. The predicted molar refractivity (Wildman–Crippen MR) is 154 cm³/mol. The molecule has 1 saturated heterocycles. The molecule has 0 radical (unpaired) electrons. The number of aromatic nitrogens is 4. The average molecular weight is 564 g/mol. The quantitative estimate of drug-likeness (QED) is 0.232. The number of fused-ring (bicyclic) bond motifs is 2. The number of para-hydroxylation sites is 2. The van der Waals surface area contributed by atoms with Crippen LogP contribution in [-0.4, -0.2) is 60.9 Å². The minimum Gasteiger partial charge on any atom is -0.385 e. The van der Waals surface area contributed by atoms with E-state index in [-0.39, 0.29) is 24.0 Å². The van der Waals surface area contributed by atoms with Crippen LogP contribution in [0.25, 0.3) is 22.3 Å². The summed E-state index contributed by atoms with van der Waals surface area (Å²) in [4.78, 5) is 60.1. The molecule has 2 aromatic carbocycles. The molecule has 1 unspecified atom stereocenters. The zero-order valence-corrected chi connectivity index (χ0v) is 22.9. The first-order valence-corrected chi connectivity index (χ1v) is 14.4. The molecule has 2 fully saturated rings. The van der Waals surface area contributed by atoms with Gasteiger partial charge in [0.2, 0.25) is 11.8 Å². The Balaban J connectivity index is 0.964.